The molecule has 1 amide bonds. The molecule has 0 spiro atoms. The van der Waals surface area contributed by atoms with Crippen molar-refractivity contribution in [3.63, 3.8) is 0 Å². The summed E-state index contributed by atoms with van der Waals surface area (Å²) in [4.78, 5) is 23.4. The molecule has 0 aromatic heterocycles. The quantitative estimate of drug-likeness (QED) is 0.449. The van der Waals surface area contributed by atoms with E-state index >= 15 is 0 Å². The summed E-state index contributed by atoms with van der Waals surface area (Å²) in [6, 6.07) is 8.64. The lowest BCUT2D eigenvalue weighted by Crippen LogP contribution is -2.30. The van der Waals surface area contributed by atoms with E-state index in [1.165, 1.54) is 6.08 Å². The summed E-state index contributed by atoms with van der Waals surface area (Å²) in [6.45, 7) is 4.23. The molecule has 1 N–H and O–H groups in total. The predicted octanol–water partition coefficient (Wildman–Crippen LogP) is 2.31. The fourth-order valence-corrected chi connectivity index (χ4v) is 1.76. The number of benzene rings is 1. The van der Waals surface area contributed by atoms with Crippen LogP contribution in [0.25, 0.3) is 6.08 Å². The Balaban J connectivity index is 2.55. The fraction of sp³-hybridized carbons (Fsp3) is 0.389. The van der Waals surface area contributed by atoms with Crippen LogP contribution in [0, 0.1) is 17.2 Å². The van der Waals surface area contributed by atoms with Gasteiger partial charge in [0.1, 0.15) is 17.4 Å². The minimum absolute atomic E-state index is 0.171. The topological polar surface area (TPSA) is 88.4 Å². The monoisotopic (exact) mass is 330 g/mol. The highest BCUT2D eigenvalue weighted by Gasteiger charge is 2.13. The largest absolute Gasteiger partial charge is 0.497 e. The van der Waals surface area contributed by atoms with E-state index in [-0.39, 0.29) is 11.5 Å². The summed E-state index contributed by atoms with van der Waals surface area (Å²) in [5.74, 6) is -0.0603. The first-order chi connectivity index (χ1) is 11.5. The third-order valence-corrected chi connectivity index (χ3v) is 3.15. The average Bonchev–Trinajstić information content (AvgIpc) is 2.57. The Bertz CT molecular complexity index is 627. The molecule has 0 bridgehead atoms. The van der Waals surface area contributed by atoms with Gasteiger partial charge in [0.05, 0.1) is 7.11 Å². The Kier molecular flexibility index (Phi) is 8.06. The molecule has 0 atom stereocenters. The fourth-order valence-electron chi connectivity index (χ4n) is 1.76. The van der Waals surface area contributed by atoms with Gasteiger partial charge in [-0.15, -0.1) is 0 Å². The molecule has 0 saturated heterocycles. The van der Waals surface area contributed by atoms with Crippen molar-refractivity contribution in [2.24, 2.45) is 5.92 Å². The van der Waals surface area contributed by atoms with E-state index in [1.54, 1.807) is 37.4 Å². The third kappa shape index (κ3) is 6.97. The molecule has 0 saturated carbocycles. The van der Waals surface area contributed by atoms with E-state index < -0.39 is 12.6 Å². The van der Waals surface area contributed by atoms with Crippen LogP contribution in [0.2, 0.25) is 0 Å². The zero-order valence-corrected chi connectivity index (χ0v) is 14.2. The Morgan fingerprint density at radius 3 is 2.50 bits per heavy atom. The van der Waals surface area contributed by atoms with Gasteiger partial charge in [0, 0.05) is 6.54 Å². The highest BCUT2D eigenvalue weighted by atomic mass is 16.5. The van der Waals surface area contributed by atoms with E-state index in [1.807, 2.05) is 0 Å². The number of nitrogens with one attached hydrogen (secondary N) is 1. The van der Waals surface area contributed by atoms with E-state index in [2.05, 4.69) is 19.2 Å². The van der Waals surface area contributed by atoms with Gasteiger partial charge in [-0.3, -0.25) is 4.79 Å². The second-order valence-electron chi connectivity index (χ2n) is 5.55. The van der Waals surface area contributed by atoms with Gasteiger partial charge in [-0.05, 0) is 36.1 Å². The number of hydrogen-bond donors (Lipinski definition) is 1. The Morgan fingerprint density at radius 2 is 1.96 bits per heavy atom. The van der Waals surface area contributed by atoms with Crippen LogP contribution in [0.15, 0.2) is 29.8 Å². The maximum absolute atomic E-state index is 11.9. The Hall–Kier alpha value is -2.81. The summed E-state index contributed by atoms with van der Waals surface area (Å²) in [6.07, 6.45) is 2.25. The van der Waals surface area contributed by atoms with E-state index in [0.717, 1.165) is 6.42 Å². The molecule has 0 aliphatic carbocycles. The number of hydrogen-bond acceptors (Lipinski definition) is 5. The molecule has 0 fully saturated rings. The predicted molar refractivity (Wildman–Crippen MR) is 90.0 cm³/mol. The zero-order valence-electron chi connectivity index (χ0n) is 14.2. The second kappa shape index (κ2) is 10.1. The van der Waals surface area contributed by atoms with Gasteiger partial charge >= 0.3 is 5.97 Å². The summed E-state index contributed by atoms with van der Waals surface area (Å²) in [5.41, 5.74) is 0.487. The third-order valence-electron chi connectivity index (χ3n) is 3.15. The van der Waals surface area contributed by atoms with Crippen molar-refractivity contribution in [2.45, 2.75) is 20.3 Å². The number of carbonyl (C=O) groups excluding carboxylic acids is 2. The number of amides is 1. The molecule has 0 aliphatic heterocycles. The van der Waals surface area contributed by atoms with Crippen LogP contribution in [-0.4, -0.2) is 32.1 Å². The van der Waals surface area contributed by atoms with E-state index in [9.17, 15) is 9.59 Å². The van der Waals surface area contributed by atoms with Crippen LogP contribution in [0.4, 0.5) is 0 Å². The smallest absolute Gasteiger partial charge is 0.349 e. The maximum Gasteiger partial charge on any atom is 0.349 e. The standard InChI is InChI=1S/C18H22N2O4/c1-13(2)8-9-20-17(21)12-24-18(22)15(11-19)10-14-4-6-16(23-3)7-5-14/h4-7,10,13H,8-9,12H2,1-3H3,(H,20,21)/b15-10+. The minimum atomic E-state index is -0.827. The zero-order chi connectivity index (χ0) is 17.9. The number of carbonyl (C=O) groups is 2. The first-order valence-corrected chi connectivity index (χ1v) is 7.66. The van der Waals surface area contributed by atoms with Crippen molar-refractivity contribution in [1.82, 2.24) is 5.32 Å². The van der Waals surface area contributed by atoms with Crippen molar-refractivity contribution < 1.29 is 19.1 Å². The summed E-state index contributed by atoms with van der Waals surface area (Å²) >= 11 is 0. The summed E-state index contributed by atoms with van der Waals surface area (Å²) in [5, 5.41) is 11.7. The van der Waals surface area contributed by atoms with Crippen molar-refractivity contribution in [3.05, 3.63) is 35.4 Å². The first-order valence-electron chi connectivity index (χ1n) is 7.66. The van der Waals surface area contributed by atoms with Gasteiger partial charge in [0.15, 0.2) is 6.61 Å². The summed E-state index contributed by atoms with van der Waals surface area (Å²) < 4.78 is 9.90. The number of methoxy groups -OCH3 is 1. The Morgan fingerprint density at radius 1 is 1.29 bits per heavy atom. The SMILES string of the molecule is COc1ccc(/C=C(\C#N)C(=O)OCC(=O)NCCC(C)C)cc1. The number of nitrogens with zero attached hydrogens (tertiary/aromatic N) is 1. The molecule has 0 aliphatic rings. The lowest BCUT2D eigenvalue weighted by atomic mass is 10.1. The van der Waals surface area contributed by atoms with Crippen molar-refractivity contribution in [2.75, 3.05) is 20.3 Å². The van der Waals surface area contributed by atoms with Gasteiger partial charge in [0.2, 0.25) is 0 Å². The molecule has 24 heavy (non-hydrogen) atoms. The van der Waals surface area contributed by atoms with Crippen LogP contribution in [0.1, 0.15) is 25.8 Å². The minimum Gasteiger partial charge on any atom is -0.497 e. The lowest BCUT2D eigenvalue weighted by molar-refractivity contribution is -0.144. The molecule has 0 heterocycles. The van der Waals surface area contributed by atoms with Crippen molar-refractivity contribution in [3.8, 4) is 11.8 Å². The van der Waals surface area contributed by atoms with Crippen molar-refractivity contribution >= 4 is 18.0 Å². The lowest BCUT2D eigenvalue weighted by Gasteiger charge is -2.07. The normalized spacial score (nSPS) is 10.9. The van der Waals surface area contributed by atoms with Crippen LogP contribution in [0.3, 0.4) is 0 Å². The molecule has 6 heteroatoms. The molecular formula is C18H22N2O4. The van der Waals surface area contributed by atoms with Gasteiger partial charge in [-0.1, -0.05) is 26.0 Å². The molecule has 6 nitrogen and oxygen atoms in total. The van der Waals surface area contributed by atoms with E-state index in [0.29, 0.717) is 23.8 Å². The van der Waals surface area contributed by atoms with Crippen LogP contribution in [-0.2, 0) is 14.3 Å². The highest BCUT2D eigenvalue weighted by molar-refractivity contribution is 5.98. The molecule has 1 rings (SSSR count). The number of rotatable bonds is 8. The van der Waals surface area contributed by atoms with Crippen LogP contribution < -0.4 is 10.1 Å². The molecule has 1 aromatic rings. The number of esters is 1. The average molecular weight is 330 g/mol. The van der Waals surface area contributed by atoms with Crippen LogP contribution >= 0.6 is 0 Å². The highest BCUT2D eigenvalue weighted by Crippen LogP contribution is 2.14. The maximum atomic E-state index is 11.9. The van der Waals surface area contributed by atoms with Crippen molar-refractivity contribution in [1.29, 1.82) is 5.26 Å². The Labute approximate surface area is 142 Å². The molecular weight excluding hydrogens is 308 g/mol. The second-order valence-corrected chi connectivity index (χ2v) is 5.55. The van der Waals surface area contributed by atoms with Gasteiger partial charge in [0.25, 0.3) is 5.91 Å². The van der Waals surface area contributed by atoms with E-state index in [4.69, 9.17) is 14.7 Å². The summed E-state index contributed by atoms with van der Waals surface area (Å²) in [7, 11) is 1.55. The van der Waals surface area contributed by atoms with Gasteiger partial charge < -0.3 is 14.8 Å². The molecule has 0 unspecified atom stereocenters. The van der Waals surface area contributed by atoms with Gasteiger partial charge in [-0.25, -0.2) is 4.79 Å². The molecule has 0 radical (unpaired) electrons. The van der Waals surface area contributed by atoms with Gasteiger partial charge in [-0.2, -0.15) is 5.26 Å². The van der Waals surface area contributed by atoms with Crippen LogP contribution in [0.5, 0.6) is 5.75 Å². The number of ether oxygens (including phenoxy) is 2. The molecule has 1 aromatic carbocycles. The molecule has 128 valence electrons. The first kappa shape index (κ1) is 19.2. The number of nitriles is 1.